The molecule has 2 aromatic rings. The summed E-state index contributed by atoms with van der Waals surface area (Å²) >= 11 is 0. The highest BCUT2D eigenvalue weighted by Gasteiger charge is 2.29. The number of sulfonamides is 1. The van der Waals surface area contributed by atoms with Crippen molar-refractivity contribution in [2.45, 2.75) is 51.1 Å². The highest BCUT2D eigenvalue weighted by molar-refractivity contribution is 7.88. The van der Waals surface area contributed by atoms with Crippen molar-refractivity contribution in [1.82, 2.24) is 13.9 Å². The Morgan fingerprint density at radius 3 is 2.53 bits per heavy atom. The summed E-state index contributed by atoms with van der Waals surface area (Å²) in [5.41, 5.74) is 0.945. The third-order valence-electron chi connectivity index (χ3n) is 6.49. The average molecular weight is 430 g/mol. The van der Waals surface area contributed by atoms with Gasteiger partial charge in [-0.1, -0.05) is 13.3 Å². The number of hydrogen-bond donors (Lipinski definition) is 1. The van der Waals surface area contributed by atoms with Crippen LogP contribution < -0.4 is 10.9 Å². The Kier molecular flexibility index (Phi) is 5.55. The van der Waals surface area contributed by atoms with Crippen molar-refractivity contribution in [2.75, 3.05) is 24.7 Å². The lowest BCUT2D eigenvalue weighted by molar-refractivity contribution is 0.331. The molecule has 2 atom stereocenters. The van der Waals surface area contributed by atoms with Gasteiger partial charge in [0.1, 0.15) is 17.5 Å². The molecule has 4 rings (SSSR count). The molecular weight excluding hydrogens is 402 g/mol. The monoisotopic (exact) mass is 429 g/mol. The fraction of sp³-hybridized carbons (Fsp3) is 0.571. The Bertz CT molecular complexity index is 1160. The second kappa shape index (κ2) is 8.00. The molecule has 1 aliphatic carbocycles. The minimum Gasteiger partial charge on any atom is -0.366 e. The predicted molar refractivity (Wildman–Crippen MR) is 116 cm³/mol. The maximum absolute atomic E-state index is 12.8. The number of hydrogen-bond acceptors (Lipinski definition) is 6. The van der Waals surface area contributed by atoms with E-state index in [1.54, 1.807) is 22.9 Å². The Hall–Kier alpha value is -2.44. The van der Waals surface area contributed by atoms with Crippen molar-refractivity contribution in [3.05, 3.63) is 34.2 Å². The fourth-order valence-electron chi connectivity index (χ4n) is 4.83. The molecule has 1 saturated heterocycles. The van der Waals surface area contributed by atoms with Crippen LogP contribution in [-0.4, -0.2) is 47.7 Å². The molecule has 2 aliphatic rings. The summed E-state index contributed by atoms with van der Waals surface area (Å²) < 4.78 is 26.7. The number of anilines is 1. The van der Waals surface area contributed by atoms with Crippen LogP contribution in [0.5, 0.6) is 0 Å². The van der Waals surface area contributed by atoms with Crippen LogP contribution in [0.4, 0.5) is 5.82 Å². The number of aromatic nitrogens is 2. The van der Waals surface area contributed by atoms with Crippen LogP contribution in [0.15, 0.2) is 23.1 Å². The molecule has 160 valence electrons. The normalized spacial score (nSPS) is 23.5. The van der Waals surface area contributed by atoms with E-state index in [0.29, 0.717) is 48.7 Å². The van der Waals surface area contributed by atoms with E-state index < -0.39 is 10.0 Å². The number of nitriles is 1. The molecule has 1 N–H and O–H groups in total. The standard InChI is InChI=1S/C21H27N5O3S/c1-14-4-3-5-18(14)26-19(27)7-6-15-13-23-21(17(12-22)20(15)26)24-16-8-10-25(11-9-16)30(2,28)29/h6-7,13-14,16,18H,3-5,8-11H2,1-2H3,(H,23,24)/t14-,18+/m0/s1. The number of nitrogens with one attached hydrogen (secondary N) is 1. The first-order chi connectivity index (χ1) is 14.3. The van der Waals surface area contributed by atoms with Crippen molar-refractivity contribution in [3.63, 3.8) is 0 Å². The van der Waals surface area contributed by atoms with Crippen LogP contribution in [-0.2, 0) is 10.0 Å². The van der Waals surface area contributed by atoms with Crippen LogP contribution in [0.1, 0.15) is 50.6 Å². The van der Waals surface area contributed by atoms with Crippen molar-refractivity contribution < 1.29 is 8.42 Å². The van der Waals surface area contributed by atoms with Gasteiger partial charge >= 0.3 is 0 Å². The van der Waals surface area contributed by atoms with Crippen LogP contribution >= 0.6 is 0 Å². The topological polar surface area (TPSA) is 108 Å². The van der Waals surface area contributed by atoms with E-state index in [-0.39, 0.29) is 17.6 Å². The van der Waals surface area contributed by atoms with E-state index in [1.165, 1.54) is 10.6 Å². The van der Waals surface area contributed by atoms with Crippen molar-refractivity contribution >= 4 is 26.7 Å². The van der Waals surface area contributed by atoms with Crippen LogP contribution in [0, 0.1) is 17.2 Å². The van der Waals surface area contributed by atoms with Crippen molar-refractivity contribution in [3.8, 4) is 6.07 Å². The van der Waals surface area contributed by atoms with Gasteiger partial charge in [0, 0.05) is 42.8 Å². The Morgan fingerprint density at radius 2 is 1.93 bits per heavy atom. The SMILES string of the molecule is C[C@H]1CCC[C@H]1n1c(=O)ccc2cnc(NC3CCN(S(C)(=O)=O)CC3)c(C#N)c21. The quantitative estimate of drug-likeness (QED) is 0.800. The van der Waals surface area contributed by atoms with Gasteiger partial charge in [-0.2, -0.15) is 5.26 Å². The minimum absolute atomic E-state index is 0.0225. The van der Waals surface area contributed by atoms with E-state index in [1.807, 2.05) is 0 Å². The van der Waals surface area contributed by atoms with Gasteiger partial charge in [-0.05, 0) is 37.7 Å². The number of piperidine rings is 1. The number of fused-ring (bicyclic) bond motifs is 1. The molecular formula is C21H27N5O3S. The second-order valence-electron chi connectivity index (χ2n) is 8.50. The Labute approximate surface area is 176 Å². The third kappa shape index (κ3) is 3.82. The summed E-state index contributed by atoms with van der Waals surface area (Å²) in [5.74, 6) is 0.845. The van der Waals surface area contributed by atoms with E-state index in [4.69, 9.17) is 0 Å². The predicted octanol–water partition coefficient (Wildman–Crippen LogP) is 2.47. The summed E-state index contributed by atoms with van der Waals surface area (Å²) in [5, 5.41) is 14.1. The molecule has 0 radical (unpaired) electrons. The van der Waals surface area contributed by atoms with Gasteiger partial charge in [0.05, 0.1) is 11.8 Å². The van der Waals surface area contributed by atoms with Gasteiger partial charge in [-0.3, -0.25) is 4.79 Å². The molecule has 1 aliphatic heterocycles. The van der Waals surface area contributed by atoms with Gasteiger partial charge in [0.25, 0.3) is 5.56 Å². The van der Waals surface area contributed by atoms with E-state index in [9.17, 15) is 18.5 Å². The zero-order valence-corrected chi connectivity index (χ0v) is 18.2. The smallest absolute Gasteiger partial charge is 0.251 e. The Morgan fingerprint density at radius 1 is 1.20 bits per heavy atom. The molecule has 0 amide bonds. The number of rotatable bonds is 4. The highest BCUT2D eigenvalue weighted by atomic mass is 32.2. The maximum Gasteiger partial charge on any atom is 0.251 e. The molecule has 1 saturated carbocycles. The minimum atomic E-state index is -3.19. The number of nitrogens with zero attached hydrogens (tertiary/aromatic N) is 4. The van der Waals surface area contributed by atoms with Crippen LogP contribution in [0.25, 0.3) is 10.9 Å². The molecule has 8 nitrogen and oxygen atoms in total. The molecule has 0 unspecified atom stereocenters. The maximum atomic E-state index is 12.8. The summed E-state index contributed by atoms with van der Waals surface area (Å²) in [4.78, 5) is 17.3. The average Bonchev–Trinajstić information content (AvgIpc) is 3.13. The summed E-state index contributed by atoms with van der Waals surface area (Å²) in [6.45, 7) is 3.04. The van der Waals surface area contributed by atoms with Gasteiger partial charge < -0.3 is 9.88 Å². The first-order valence-corrected chi connectivity index (χ1v) is 12.3. The zero-order chi connectivity index (χ0) is 21.5. The molecule has 2 fully saturated rings. The molecule has 0 bridgehead atoms. The van der Waals surface area contributed by atoms with Crippen LogP contribution in [0.2, 0.25) is 0 Å². The third-order valence-corrected chi connectivity index (χ3v) is 7.79. The Balaban J connectivity index is 1.70. The lowest BCUT2D eigenvalue weighted by Gasteiger charge is -2.31. The molecule has 3 heterocycles. The van der Waals surface area contributed by atoms with E-state index >= 15 is 0 Å². The van der Waals surface area contributed by atoms with Gasteiger partial charge in [0.15, 0.2) is 0 Å². The van der Waals surface area contributed by atoms with Crippen LogP contribution in [0.3, 0.4) is 0 Å². The molecule has 0 aromatic carbocycles. The fourth-order valence-corrected chi connectivity index (χ4v) is 5.70. The molecule has 2 aromatic heterocycles. The molecule has 9 heteroatoms. The molecule has 30 heavy (non-hydrogen) atoms. The van der Waals surface area contributed by atoms with Gasteiger partial charge in [-0.25, -0.2) is 17.7 Å². The lowest BCUT2D eigenvalue weighted by Crippen LogP contribution is -2.42. The zero-order valence-electron chi connectivity index (χ0n) is 17.3. The van der Waals surface area contributed by atoms with E-state index in [2.05, 4.69) is 23.3 Å². The first kappa shape index (κ1) is 20.8. The van der Waals surface area contributed by atoms with Crippen molar-refractivity contribution in [1.29, 1.82) is 5.26 Å². The largest absolute Gasteiger partial charge is 0.366 e. The summed E-state index contributed by atoms with van der Waals surface area (Å²) in [6, 6.07) is 5.68. The van der Waals surface area contributed by atoms with Gasteiger partial charge in [-0.15, -0.1) is 0 Å². The van der Waals surface area contributed by atoms with Crippen molar-refractivity contribution in [2.24, 2.45) is 5.92 Å². The summed E-state index contributed by atoms with van der Waals surface area (Å²) in [7, 11) is -3.19. The van der Waals surface area contributed by atoms with Gasteiger partial charge in [0.2, 0.25) is 10.0 Å². The first-order valence-electron chi connectivity index (χ1n) is 10.5. The second-order valence-corrected chi connectivity index (χ2v) is 10.5. The summed E-state index contributed by atoms with van der Waals surface area (Å²) in [6.07, 6.45) is 7.29. The number of pyridine rings is 2. The highest BCUT2D eigenvalue weighted by Crippen LogP contribution is 2.37. The molecule has 0 spiro atoms. The lowest BCUT2D eigenvalue weighted by atomic mass is 10.0. The van der Waals surface area contributed by atoms with E-state index in [0.717, 1.165) is 24.6 Å².